The van der Waals surface area contributed by atoms with Gasteiger partial charge in [0.05, 0.1) is 7.57 Å². The van der Waals surface area contributed by atoms with E-state index in [1.807, 2.05) is 22.7 Å². The number of hydrogen-bond donors (Lipinski definition) is 0. The Morgan fingerprint density at radius 3 is 1.08 bits per heavy atom. The largest absolute Gasteiger partial charge is 0.129 e. The Hall–Kier alpha value is 0.100. The van der Waals surface area contributed by atoms with E-state index in [4.69, 9.17) is 0 Å². The van der Waals surface area contributed by atoms with E-state index in [-0.39, 0.29) is 0 Å². The van der Waals surface area contributed by atoms with Crippen molar-refractivity contribution in [3.05, 3.63) is 40.6 Å². The quantitative estimate of drug-likeness (QED) is 0.0965. The van der Waals surface area contributed by atoms with Crippen LogP contribution < -0.4 is 0 Å². The molecule has 0 aliphatic carbocycles. The fraction of sp³-hybridized carbons (Fsp3) is 0.706. The first kappa shape index (κ1) is 34.3. The van der Waals surface area contributed by atoms with Gasteiger partial charge in [-0.25, -0.2) is 0 Å². The summed E-state index contributed by atoms with van der Waals surface area (Å²) in [6.07, 6.45) is 35.0. The third-order valence-electron chi connectivity index (χ3n) is 7.56. The molecule has 0 atom stereocenters. The summed E-state index contributed by atoms with van der Waals surface area (Å²) in [5.41, 5.74) is 2.98. The molecule has 0 spiro atoms. The smallest absolute Gasteiger partial charge is 0.0736 e. The minimum atomic E-state index is 1.20. The molecule has 0 N–H and O–H groups in total. The van der Waals surface area contributed by atoms with Crippen molar-refractivity contribution < 1.29 is 0 Å². The molecule has 4 heteroatoms. The summed E-state index contributed by atoms with van der Waals surface area (Å²) in [6.45, 7) is 4.59. The van der Waals surface area contributed by atoms with Crippen molar-refractivity contribution in [2.75, 3.05) is 0 Å². The van der Waals surface area contributed by atoms with E-state index in [9.17, 15) is 0 Å². The van der Waals surface area contributed by atoms with Gasteiger partial charge in [0.15, 0.2) is 0 Å². The maximum absolute atomic E-state index is 3.83. The fourth-order valence-corrected chi connectivity index (χ4v) is 8.55. The van der Waals surface area contributed by atoms with Gasteiger partial charge in [-0.2, -0.15) is 0 Å². The fourth-order valence-electron chi connectivity index (χ4n) is 5.13. The first-order valence-electron chi connectivity index (χ1n) is 15.9. The van der Waals surface area contributed by atoms with Gasteiger partial charge < -0.3 is 0 Å². The molecule has 0 bridgehead atoms. The second-order valence-corrected chi connectivity index (χ2v) is 15.9. The molecule has 0 aliphatic rings. The molecule has 0 fully saturated rings. The Kier molecular flexibility index (Phi) is 20.5. The van der Waals surface area contributed by atoms with Gasteiger partial charge in [-0.1, -0.05) is 129 Å². The lowest BCUT2D eigenvalue weighted by molar-refractivity contribution is 0.556. The SMILES string of the molecule is CCCCCCCCCCCCc1cc(C=Cc2cc(CCCCCCCCCCCC)c(Br)s2)sc1Br. The summed E-state index contributed by atoms with van der Waals surface area (Å²) in [7, 11) is 0. The second-order valence-electron chi connectivity index (χ2n) is 11.1. The zero-order valence-electron chi connectivity index (χ0n) is 24.4. The third kappa shape index (κ3) is 15.8. The molecule has 2 heterocycles. The maximum Gasteiger partial charge on any atom is 0.0736 e. The standard InChI is InChI=1S/C34H54Br2S2/c1-3-5-7-9-11-13-15-17-19-21-23-29-27-31(37-33(29)35)25-26-32-28-30(34(36)38-32)24-22-20-18-16-14-12-10-8-6-4-2/h25-28H,3-24H2,1-2H3. The molecule has 0 aromatic carbocycles. The van der Waals surface area contributed by atoms with Crippen LogP contribution in [-0.4, -0.2) is 0 Å². The Balaban J connectivity index is 1.61. The minimum absolute atomic E-state index is 1.20. The minimum Gasteiger partial charge on any atom is -0.129 e. The van der Waals surface area contributed by atoms with Crippen LogP contribution in [0.25, 0.3) is 12.2 Å². The maximum atomic E-state index is 3.83. The number of halogens is 2. The highest BCUT2D eigenvalue weighted by Gasteiger charge is 2.07. The number of aryl methyl sites for hydroxylation is 2. The summed E-state index contributed by atoms with van der Waals surface area (Å²) < 4.78 is 2.64. The summed E-state index contributed by atoms with van der Waals surface area (Å²) in [4.78, 5) is 2.72. The van der Waals surface area contributed by atoms with E-state index in [2.05, 4.69) is 70.0 Å². The van der Waals surface area contributed by atoms with Gasteiger partial charge in [0.25, 0.3) is 0 Å². The Morgan fingerprint density at radius 2 is 0.763 bits per heavy atom. The lowest BCUT2D eigenvalue weighted by Crippen LogP contribution is -1.85. The average Bonchev–Trinajstić information content (AvgIpc) is 3.45. The zero-order chi connectivity index (χ0) is 27.3. The highest BCUT2D eigenvalue weighted by Crippen LogP contribution is 2.33. The molecule has 0 radical (unpaired) electrons. The molecular formula is C34H54Br2S2. The lowest BCUT2D eigenvalue weighted by atomic mass is 10.0. The number of rotatable bonds is 24. The van der Waals surface area contributed by atoms with Crippen molar-refractivity contribution in [1.82, 2.24) is 0 Å². The molecule has 2 aromatic rings. The van der Waals surface area contributed by atoms with E-state index in [0.717, 1.165) is 0 Å². The number of thiophene rings is 2. The van der Waals surface area contributed by atoms with Crippen molar-refractivity contribution >= 4 is 66.7 Å². The van der Waals surface area contributed by atoms with E-state index in [1.54, 1.807) is 0 Å². The number of hydrogen-bond acceptors (Lipinski definition) is 2. The number of unbranched alkanes of at least 4 members (excludes halogenated alkanes) is 18. The molecular weight excluding hydrogens is 632 g/mol. The van der Waals surface area contributed by atoms with Crippen LogP contribution in [0.1, 0.15) is 163 Å². The molecule has 0 saturated heterocycles. The third-order valence-corrected chi connectivity index (χ3v) is 11.4. The topological polar surface area (TPSA) is 0 Å². The first-order valence-corrected chi connectivity index (χ1v) is 19.1. The summed E-state index contributed by atoms with van der Waals surface area (Å²) in [5, 5.41) is 0. The van der Waals surface area contributed by atoms with E-state index >= 15 is 0 Å². The van der Waals surface area contributed by atoms with Gasteiger partial charge >= 0.3 is 0 Å². The normalized spacial score (nSPS) is 11.8. The van der Waals surface area contributed by atoms with Crippen molar-refractivity contribution in [2.45, 2.75) is 155 Å². The molecule has 2 aromatic heterocycles. The van der Waals surface area contributed by atoms with Gasteiger partial charge in [-0.3, -0.25) is 0 Å². The molecule has 2 rings (SSSR count). The Bertz CT molecular complexity index is 794. The second kappa shape index (κ2) is 22.8. The molecule has 216 valence electrons. The van der Waals surface area contributed by atoms with Crippen LogP contribution in [0.2, 0.25) is 0 Å². The molecule has 0 unspecified atom stereocenters. The zero-order valence-corrected chi connectivity index (χ0v) is 29.2. The summed E-state index contributed by atoms with van der Waals surface area (Å²) in [5.74, 6) is 0. The van der Waals surface area contributed by atoms with Crippen LogP contribution in [0, 0.1) is 0 Å². The van der Waals surface area contributed by atoms with Crippen LogP contribution >= 0.6 is 54.5 Å². The summed E-state index contributed by atoms with van der Waals surface area (Å²) in [6, 6.07) is 4.79. The van der Waals surface area contributed by atoms with Gasteiger partial charge in [0, 0.05) is 9.75 Å². The van der Waals surface area contributed by atoms with E-state index < -0.39 is 0 Å². The predicted molar refractivity (Wildman–Crippen MR) is 184 cm³/mol. The average molecular weight is 687 g/mol. The van der Waals surface area contributed by atoms with Crippen molar-refractivity contribution in [2.24, 2.45) is 0 Å². The Morgan fingerprint density at radius 1 is 0.474 bits per heavy atom. The molecule has 0 aliphatic heterocycles. The highest BCUT2D eigenvalue weighted by molar-refractivity contribution is 9.11. The molecule has 38 heavy (non-hydrogen) atoms. The van der Waals surface area contributed by atoms with Gasteiger partial charge in [-0.15, -0.1) is 22.7 Å². The van der Waals surface area contributed by atoms with Gasteiger partial charge in [0.2, 0.25) is 0 Å². The molecule has 0 saturated carbocycles. The first-order chi connectivity index (χ1) is 18.6. The van der Waals surface area contributed by atoms with E-state index in [0.29, 0.717) is 0 Å². The molecule has 0 amide bonds. The van der Waals surface area contributed by atoms with Gasteiger partial charge in [-0.05, 0) is 93.0 Å². The van der Waals surface area contributed by atoms with Crippen LogP contribution in [0.5, 0.6) is 0 Å². The lowest BCUT2D eigenvalue weighted by Gasteiger charge is -2.02. The van der Waals surface area contributed by atoms with Crippen LogP contribution in [0.3, 0.4) is 0 Å². The van der Waals surface area contributed by atoms with Crippen LogP contribution in [-0.2, 0) is 12.8 Å². The van der Waals surface area contributed by atoms with E-state index in [1.165, 1.54) is 170 Å². The van der Waals surface area contributed by atoms with Crippen LogP contribution in [0.15, 0.2) is 19.7 Å². The van der Waals surface area contributed by atoms with Crippen molar-refractivity contribution in [3.8, 4) is 0 Å². The van der Waals surface area contributed by atoms with Crippen molar-refractivity contribution in [3.63, 3.8) is 0 Å². The van der Waals surface area contributed by atoms with Crippen LogP contribution in [0.4, 0.5) is 0 Å². The van der Waals surface area contributed by atoms with Gasteiger partial charge in [0.1, 0.15) is 0 Å². The predicted octanol–water partition coefficient (Wildman–Crippen LogP) is 14.4. The van der Waals surface area contributed by atoms with Crippen molar-refractivity contribution in [1.29, 1.82) is 0 Å². The highest BCUT2D eigenvalue weighted by atomic mass is 79.9. The monoisotopic (exact) mass is 684 g/mol. The molecule has 0 nitrogen and oxygen atoms in total. The summed E-state index contributed by atoms with van der Waals surface area (Å²) >= 11 is 11.4. The Labute approximate surface area is 260 Å².